The predicted molar refractivity (Wildman–Crippen MR) is 105 cm³/mol. The first kappa shape index (κ1) is 17.1. The van der Waals surface area contributed by atoms with Gasteiger partial charge in [-0.1, -0.05) is 78.9 Å². The molecule has 0 unspecified atom stereocenters. The van der Waals surface area contributed by atoms with Crippen LogP contribution in [0.5, 0.6) is 5.75 Å². The lowest BCUT2D eigenvalue weighted by molar-refractivity contribution is -0.143. The molecule has 0 spiro atoms. The van der Waals surface area contributed by atoms with Gasteiger partial charge in [0.15, 0.2) is 0 Å². The van der Waals surface area contributed by atoms with Crippen molar-refractivity contribution in [3.8, 4) is 5.75 Å². The minimum atomic E-state index is -0.461. The van der Waals surface area contributed by atoms with Crippen molar-refractivity contribution in [1.29, 1.82) is 0 Å². The van der Waals surface area contributed by atoms with Gasteiger partial charge in [0, 0.05) is 5.56 Å². The van der Waals surface area contributed by atoms with Crippen molar-refractivity contribution in [2.45, 2.75) is 11.8 Å². The highest BCUT2D eigenvalue weighted by atomic mass is 16.5. The average Bonchev–Trinajstić information content (AvgIpc) is 2.73. The van der Waals surface area contributed by atoms with E-state index in [1.807, 2.05) is 91.0 Å². The highest BCUT2D eigenvalue weighted by Gasteiger charge is 2.41. The maximum absolute atomic E-state index is 12.8. The SMILES string of the molecule is COC(=O)[C@H]1c2ccccc2O/C(=C\c2ccccc2)[C@@H]1c1ccccc1. The number of allylic oxidation sites excluding steroid dienone is 1. The maximum Gasteiger partial charge on any atom is 0.314 e. The Morgan fingerprint density at radius 2 is 1.52 bits per heavy atom. The Morgan fingerprint density at radius 3 is 2.22 bits per heavy atom. The number of carbonyl (C=O) groups excluding carboxylic acids is 1. The molecular formula is C24H20O3. The number of esters is 1. The van der Waals surface area contributed by atoms with E-state index in [1.165, 1.54) is 7.11 Å². The molecule has 2 atom stereocenters. The molecule has 0 amide bonds. The number of para-hydroxylation sites is 1. The molecule has 27 heavy (non-hydrogen) atoms. The fourth-order valence-electron chi connectivity index (χ4n) is 3.60. The van der Waals surface area contributed by atoms with Gasteiger partial charge >= 0.3 is 5.97 Å². The van der Waals surface area contributed by atoms with Crippen LogP contribution in [-0.2, 0) is 9.53 Å². The van der Waals surface area contributed by atoms with Gasteiger partial charge in [0.1, 0.15) is 11.5 Å². The molecule has 1 aliphatic heterocycles. The van der Waals surface area contributed by atoms with Crippen molar-refractivity contribution < 1.29 is 14.3 Å². The third-order valence-corrected chi connectivity index (χ3v) is 4.84. The molecule has 0 saturated heterocycles. The number of benzene rings is 3. The van der Waals surface area contributed by atoms with E-state index in [-0.39, 0.29) is 11.9 Å². The van der Waals surface area contributed by atoms with Gasteiger partial charge in [-0.15, -0.1) is 0 Å². The van der Waals surface area contributed by atoms with Gasteiger partial charge in [-0.3, -0.25) is 4.79 Å². The molecule has 0 fully saturated rings. The van der Waals surface area contributed by atoms with E-state index in [2.05, 4.69) is 0 Å². The van der Waals surface area contributed by atoms with Crippen LogP contribution in [0.1, 0.15) is 28.5 Å². The molecule has 0 aliphatic carbocycles. The number of hydrogen-bond donors (Lipinski definition) is 0. The molecule has 0 saturated carbocycles. The fourth-order valence-corrected chi connectivity index (χ4v) is 3.60. The molecule has 3 nitrogen and oxygen atoms in total. The Labute approximate surface area is 158 Å². The predicted octanol–water partition coefficient (Wildman–Crippen LogP) is 5.16. The third kappa shape index (κ3) is 3.36. The van der Waals surface area contributed by atoms with Gasteiger partial charge < -0.3 is 9.47 Å². The molecule has 0 aromatic heterocycles. The molecule has 0 bridgehead atoms. The van der Waals surface area contributed by atoms with Gasteiger partial charge in [-0.25, -0.2) is 0 Å². The minimum Gasteiger partial charge on any atom is -0.469 e. The lowest BCUT2D eigenvalue weighted by Gasteiger charge is -2.34. The van der Waals surface area contributed by atoms with Crippen LogP contribution in [0.15, 0.2) is 90.7 Å². The zero-order valence-electron chi connectivity index (χ0n) is 15.0. The summed E-state index contributed by atoms with van der Waals surface area (Å²) in [6.45, 7) is 0. The quantitative estimate of drug-likeness (QED) is 0.608. The van der Waals surface area contributed by atoms with E-state index in [0.717, 1.165) is 22.4 Å². The molecular weight excluding hydrogens is 336 g/mol. The van der Waals surface area contributed by atoms with E-state index < -0.39 is 5.92 Å². The molecule has 0 radical (unpaired) electrons. The first-order valence-corrected chi connectivity index (χ1v) is 8.94. The highest BCUT2D eigenvalue weighted by Crippen LogP contribution is 2.48. The summed E-state index contributed by atoms with van der Waals surface area (Å²) in [5, 5.41) is 0. The summed E-state index contributed by atoms with van der Waals surface area (Å²) in [6, 6.07) is 27.6. The van der Waals surface area contributed by atoms with E-state index >= 15 is 0 Å². The van der Waals surface area contributed by atoms with Crippen LogP contribution >= 0.6 is 0 Å². The van der Waals surface area contributed by atoms with Crippen LogP contribution in [0.3, 0.4) is 0 Å². The van der Waals surface area contributed by atoms with Crippen molar-refractivity contribution >= 4 is 12.0 Å². The lowest BCUT2D eigenvalue weighted by Crippen LogP contribution is -2.29. The van der Waals surface area contributed by atoms with Crippen LogP contribution in [0.4, 0.5) is 0 Å². The third-order valence-electron chi connectivity index (χ3n) is 4.84. The monoisotopic (exact) mass is 356 g/mol. The second-order valence-electron chi connectivity index (χ2n) is 6.49. The number of rotatable bonds is 3. The normalized spacial score (nSPS) is 19.8. The zero-order valence-corrected chi connectivity index (χ0v) is 15.0. The summed E-state index contributed by atoms with van der Waals surface area (Å²) >= 11 is 0. The van der Waals surface area contributed by atoms with Crippen molar-refractivity contribution in [2.24, 2.45) is 0 Å². The summed E-state index contributed by atoms with van der Waals surface area (Å²) in [5.74, 6) is 0.452. The Bertz CT molecular complexity index is 961. The lowest BCUT2D eigenvalue weighted by atomic mass is 9.77. The Hall–Kier alpha value is -3.33. The second kappa shape index (κ2) is 7.50. The fraction of sp³-hybridized carbons (Fsp3) is 0.125. The van der Waals surface area contributed by atoms with Crippen molar-refractivity contribution in [2.75, 3.05) is 7.11 Å². The second-order valence-corrected chi connectivity index (χ2v) is 6.49. The van der Waals surface area contributed by atoms with E-state index in [0.29, 0.717) is 5.75 Å². The van der Waals surface area contributed by atoms with Gasteiger partial charge in [0.25, 0.3) is 0 Å². The first-order valence-electron chi connectivity index (χ1n) is 8.94. The smallest absolute Gasteiger partial charge is 0.314 e. The summed E-state index contributed by atoms with van der Waals surface area (Å²) in [4.78, 5) is 12.8. The Morgan fingerprint density at radius 1 is 0.889 bits per heavy atom. The molecule has 3 aromatic rings. The Kier molecular flexibility index (Phi) is 4.75. The van der Waals surface area contributed by atoms with Crippen LogP contribution in [-0.4, -0.2) is 13.1 Å². The topological polar surface area (TPSA) is 35.5 Å². The first-order chi connectivity index (χ1) is 13.3. The largest absolute Gasteiger partial charge is 0.469 e. The van der Waals surface area contributed by atoms with Crippen LogP contribution in [0.25, 0.3) is 6.08 Å². The summed E-state index contributed by atoms with van der Waals surface area (Å²) in [7, 11) is 1.43. The molecule has 1 heterocycles. The molecule has 4 rings (SSSR count). The van der Waals surface area contributed by atoms with Gasteiger partial charge in [-0.2, -0.15) is 0 Å². The Balaban J connectivity index is 1.92. The van der Waals surface area contributed by atoms with Gasteiger partial charge in [0.2, 0.25) is 0 Å². The van der Waals surface area contributed by atoms with E-state index in [9.17, 15) is 4.79 Å². The van der Waals surface area contributed by atoms with E-state index in [4.69, 9.17) is 9.47 Å². The number of methoxy groups -OCH3 is 1. The number of ether oxygens (including phenoxy) is 2. The average molecular weight is 356 g/mol. The van der Waals surface area contributed by atoms with Gasteiger partial charge in [-0.05, 0) is 23.3 Å². The number of carbonyl (C=O) groups is 1. The molecule has 1 aliphatic rings. The summed E-state index contributed by atoms with van der Waals surface area (Å²) in [6.07, 6.45) is 2.00. The summed E-state index contributed by atoms with van der Waals surface area (Å²) in [5.41, 5.74) is 2.89. The molecule has 3 heteroatoms. The summed E-state index contributed by atoms with van der Waals surface area (Å²) < 4.78 is 11.5. The van der Waals surface area contributed by atoms with Crippen molar-refractivity contribution in [3.63, 3.8) is 0 Å². The van der Waals surface area contributed by atoms with Crippen LogP contribution in [0, 0.1) is 0 Å². The number of hydrogen-bond acceptors (Lipinski definition) is 3. The van der Waals surface area contributed by atoms with Crippen LogP contribution < -0.4 is 4.74 Å². The van der Waals surface area contributed by atoms with E-state index in [1.54, 1.807) is 0 Å². The zero-order chi connectivity index (χ0) is 18.6. The molecule has 134 valence electrons. The molecule has 3 aromatic carbocycles. The van der Waals surface area contributed by atoms with Crippen molar-refractivity contribution in [1.82, 2.24) is 0 Å². The number of fused-ring (bicyclic) bond motifs is 1. The standard InChI is InChI=1S/C24H20O3/c1-26-24(25)23-19-14-8-9-15-20(19)27-21(16-17-10-4-2-5-11-17)22(23)18-12-6-3-7-13-18/h2-16,22-23H,1H3/b21-16-/t22-,23-/m0/s1. The highest BCUT2D eigenvalue weighted by molar-refractivity contribution is 5.82. The van der Waals surface area contributed by atoms with Gasteiger partial charge in [0.05, 0.1) is 18.9 Å². The minimum absolute atomic E-state index is 0.256. The van der Waals surface area contributed by atoms with Crippen LogP contribution in [0.2, 0.25) is 0 Å². The maximum atomic E-state index is 12.8. The molecule has 0 N–H and O–H groups in total. The van der Waals surface area contributed by atoms with Crippen molar-refractivity contribution in [3.05, 3.63) is 107 Å².